The highest BCUT2D eigenvalue weighted by molar-refractivity contribution is 7.90. The number of ether oxygens (including phenoxy) is 1. The standard InChI is InChI=1S/C21H22FNO7S/c1-21(2,26)10-29-17-8-14-16(9-15(17)23-11-31(3,27)28)30-19(18(14)20(24)25)12-4-6-13(22)7-5-12/h4-9,23,26H,10-11H2,1-3H3,(H,24,25). The molecule has 10 heteroatoms. The molecule has 2 aromatic carbocycles. The first kappa shape index (κ1) is 22.6. The number of carbonyl (C=O) groups is 1. The molecule has 0 saturated carbocycles. The number of halogens is 1. The Morgan fingerprint density at radius 2 is 1.87 bits per heavy atom. The van der Waals surface area contributed by atoms with Crippen LogP contribution in [0.3, 0.4) is 0 Å². The van der Waals surface area contributed by atoms with Gasteiger partial charge < -0.3 is 24.7 Å². The summed E-state index contributed by atoms with van der Waals surface area (Å²) in [5.41, 5.74) is -0.556. The summed E-state index contributed by atoms with van der Waals surface area (Å²) >= 11 is 0. The van der Waals surface area contributed by atoms with E-state index in [1.54, 1.807) is 0 Å². The van der Waals surface area contributed by atoms with Gasteiger partial charge in [0, 0.05) is 23.3 Å². The van der Waals surface area contributed by atoms with Crippen LogP contribution in [-0.4, -0.2) is 48.9 Å². The van der Waals surface area contributed by atoms with Crippen molar-refractivity contribution in [2.75, 3.05) is 24.1 Å². The maximum atomic E-state index is 13.3. The molecular weight excluding hydrogens is 429 g/mol. The Kier molecular flexibility index (Phi) is 5.97. The van der Waals surface area contributed by atoms with E-state index >= 15 is 0 Å². The van der Waals surface area contributed by atoms with Gasteiger partial charge >= 0.3 is 5.97 Å². The van der Waals surface area contributed by atoms with Crippen molar-refractivity contribution in [3.8, 4) is 17.1 Å². The smallest absolute Gasteiger partial charge is 0.340 e. The zero-order chi connectivity index (χ0) is 23.0. The van der Waals surface area contributed by atoms with E-state index in [1.165, 1.54) is 50.2 Å². The molecule has 0 unspecified atom stereocenters. The van der Waals surface area contributed by atoms with Gasteiger partial charge in [-0.1, -0.05) is 0 Å². The highest BCUT2D eigenvalue weighted by Gasteiger charge is 2.24. The van der Waals surface area contributed by atoms with E-state index in [9.17, 15) is 27.8 Å². The molecule has 3 rings (SSSR count). The molecule has 3 aromatic rings. The highest BCUT2D eigenvalue weighted by atomic mass is 32.2. The lowest BCUT2D eigenvalue weighted by Crippen LogP contribution is -2.28. The summed E-state index contributed by atoms with van der Waals surface area (Å²) < 4.78 is 47.9. The third-order valence-electron chi connectivity index (χ3n) is 4.22. The van der Waals surface area contributed by atoms with Crippen molar-refractivity contribution in [1.29, 1.82) is 0 Å². The first-order valence-electron chi connectivity index (χ1n) is 9.20. The van der Waals surface area contributed by atoms with Crippen LogP contribution in [-0.2, 0) is 9.84 Å². The number of carboxylic acid groups (broad SMARTS) is 1. The van der Waals surface area contributed by atoms with E-state index in [-0.39, 0.29) is 40.3 Å². The second-order valence-electron chi connectivity index (χ2n) is 7.81. The Hall–Kier alpha value is -3.11. The minimum absolute atomic E-state index is 0.0243. The molecule has 0 bridgehead atoms. The van der Waals surface area contributed by atoms with Crippen LogP contribution in [0.15, 0.2) is 40.8 Å². The average molecular weight is 451 g/mol. The summed E-state index contributed by atoms with van der Waals surface area (Å²) in [5.74, 6) is -1.97. The summed E-state index contributed by atoms with van der Waals surface area (Å²) in [5, 5.41) is 22.7. The SMILES string of the molecule is CC(C)(O)COc1cc2c(C(=O)O)c(-c3ccc(F)cc3)oc2cc1NCS(C)(=O)=O. The molecule has 8 nitrogen and oxygen atoms in total. The number of rotatable bonds is 8. The summed E-state index contributed by atoms with van der Waals surface area (Å²) in [6.07, 6.45) is 1.05. The topological polar surface area (TPSA) is 126 Å². The van der Waals surface area contributed by atoms with Gasteiger partial charge in [0.25, 0.3) is 0 Å². The molecule has 1 heterocycles. The lowest BCUT2D eigenvalue weighted by molar-refractivity contribution is 0.0288. The molecule has 0 aliphatic carbocycles. The van der Waals surface area contributed by atoms with Gasteiger partial charge in [-0.05, 0) is 44.2 Å². The summed E-state index contributed by atoms with van der Waals surface area (Å²) in [6.45, 7) is 2.93. The van der Waals surface area contributed by atoms with Crippen LogP contribution in [0.4, 0.5) is 10.1 Å². The van der Waals surface area contributed by atoms with Gasteiger partial charge in [-0.3, -0.25) is 0 Å². The largest absolute Gasteiger partial charge is 0.488 e. The summed E-state index contributed by atoms with van der Waals surface area (Å²) in [7, 11) is -3.38. The van der Waals surface area contributed by atoms with E-state index in [0.29, 0.717) is 5.56 Å². The third kappa shape index (κ3) is 5.53. The van der Waals surface area contributed by atoms with Crippen molar-refractivity contribution < 1.29 is 37.0 Å². The number of sulfone groups is 1. The lowest BCUT2D eigenvalue weighted by atomic mass is 10.0. The third-order valence-corrected chi connectivity index (χ3v) is 4.88. The first-order chi connectivity index (χ1) is 14.3. The highest BCUT2D eigenvalue weighted by Crippen LogP contribution is 2.39. The zero-order valence-electron chi connectivity index (χ0n) is 17.1. The normalized spacial score (nSPS) is 12.2. The van der Waals surface area contributed by atoms with Crippen molar-refractivity contribution in [3.63, 3.8) is 0 Å². The van der Waals surface area contributed by atoms with Gasteiger partial charge in [-0.25, -0.2) is 17.6 Å². The molecule has 0 aliphatic heterocycles. The van der Waals surface area contributed by atoms with Crippen LogP contribution >= 0.6 is 0 Å². The number of aromatic carboxylic acids is 1. The van der Waals surface area contributed by atoms with Gasteiger partial charge in [-0.15, -0.1) is 0 Å². The molecule has 3 N–H and O–H groups in total. The summed E-state index contributed by atoms with van der Waals surface area (Å²) in [4.78, 5) is 12.0. The molecule has 0 saturated heterocycles. The van der Waals surface area contributed by atoms with Gasteiger partial charge in [0.15, 0.2) is 9.84 Å². The van der Waals surface area contributed by atoms with Crippen molar-refractivity contribution in [2.24, 2.45) is 0 Å². The van der Waals surface area contributed by atoms with Crippen molar-refractivity contribution in [3.05, 3.63) is 47.8 Å². The van der Waals surface area contributed by atoms with Gasteiger partial charge in [0.05, 0.1) is 11.3 Å². The van der Waals surface area contributed by atoms with Crippen LogP contribution < -0.4 is 10.1 Å². The van der Waals surface area contributed by atoms with Crippen LogP contribution in [0.1, 0.15) is 24.2 Å². The van der Waals surface area contributed by atoms with E-state index in [2.05, 4.69) is 5.32 Å². The van der Waals surface area contributed by atoms with E-state index in [1.807, 2.05) is 0 Å². The van der Waals surface area contributed by atoms with Crippen molar-refractivity contribution >= 4 is 32.5 Å². The number of furan rings is 1. The number of nitrogens with one attached hydrogen (secondary N) is 1. The number of aliphatic hydroxyl groups is 1. The number of hydrogen-bond acceptors (Lipinski definition) is 7. The number of anilines is 1. The quantitative estimate of drug-likeness (QED) is 0.475. The van der Waals surface area contributed by atoms with Crippen LogP contribution in [0, 0.1) is 5.82 Å². The fraction of sp³-hybridized carbons (Fsp3) is 0.286. The van der Waals surface area contributed by atoms with Gasteiger partial charge in [0.2, 0.25) is 0 Å². The molecule has 166 valence electrons. The zero-order valence-corrected chi connectivity index (χ0v) is 17.9. The van der Waals surface area contributed by atoms with E-state index in [0.717, 1.165) is 6.26 Å². The minimum atomic E-state index is -3.38. The van der Waals surface area contributed by atoms with Crippen LogP contribution in [0.2, 0.25) is 0 Å². The Bertz CT molecular complexity index is 1230. The van der Waals surface area contributed by atoms with Crippen molar-refractivity contribution in [1.82, 2.24) is 0 Å². The number of hydrogen-bond donors (Lipinski definition) is 3. The number of benzene rings is 2. The molecule has 0 spiro atoms. The molecule has 0 amide bonds. The number of carboxylic acids is 1. The molecule has 0 fully saturated rings. The van der Waals surface area contributed by atoms with Crippen LogP contribution in [0.5, 0.6) is 5.75 Å². The number of fused-ring (bicyclic) bond motifs is 1. The predicted molar refractivity (Wildman–Crippen MR) is 114 cm³/mol. The van der Waals surface area contributed by atoms with E-state index < -0.39 is 33.1 Å². The molecular formula is C21H22FNO7S. The van der Waals surface area contributed by atoms with Gasteiger partial charge in [0.1, 0.15) is 41.0 Å². The molecule has 31 heavy (non-hydrogen) atoms. The first-order valence-corrected chi connectivity index (χ1v) is 11.3. The molecule has 0 atom stereocenters. The minimum Gasteiger partial charge on any atom is -0.488 e. The Labute approximate surface area is 178 Å². The van der Waals surface area contributed by atoms with E-state index in [4.69, 9.17) is 9.15 Å². The fourth-order valence-electron chi connectivity index (χ4n) is 2.86. The maximum Gasteiger partial charge on any atom is 0.340 e. The van der Waals surface area contributed by atoms with Crippen molar-refractivity contribution in [2.45, 2.75) is 19.4 Å². The van der Waals surface area contributed by atoms with Crippen LogP contribution in [0.25, 0.3) is 22.3 Å². The molecule has 1 aromatic heterocycles. The predicted octanol–water partition coefficient (Wildman–Crippen LogP) is 3.50. The second-order valence-corrected chi connectivity index (χ2v) is 9.95. The fourth-order valence-corrected chi connectivity index (χ4v) is 3.28. The lowest BCUT2D eigenvalue weighted by Gasteiger charge is -2.20. The monoisotopic (exact) mass is 451 g/mol. The molecule has 0 aliphatic rings. The Balaban J connectivity index is 2.18. The summed E-state index contributed by atoms with van der Waals surface area (Å²) in [6, 6.07) is 8.00. The van der Waals surface area contributed by atoms with Gasteiger partial charge in [-0.2, -0.15) is 0 Å². The Morgan fingerprint density at radius 3 is 2.42 bits per heavy atom. The molecule has 0 radical (unpaired) electrons. The average Bonchev–Trinajstić information content (AvgIpc) is 3.02. The maximum absolute atomic E-state index is 13.3. The Morgan fingerprint density at radius 1 is 1.23 bits per heavy atom. The second kappa shape index (κ2) is 8.20.